The summed E-state index contributed by atoms with van der Waals surface area (Å²) in [6.45, 7) is 0.873. The molecule has 0 unspecified atom stereocenters. The van der Waals surface area contributed by atoms with Crippen LogP contribution in [0.5, 0.6) is 11.5 Å². The van der Waals surface area contributed by atoms with Gasteiger partial charge in [-0.25, -0.2) is 14.2 Å². The zero-order valence-electron chi connectivity index (χ0n) is 14.7. The van der Waals surface area contributed by atoms with Crippen molar-refractivity contribution in [3.63, 3.8) is 0 Å². The topological polar surface area (TPSA) is 71.9 Å². The molecule has 1 saturated heterocycles. The molecule has 0 radical (unpaired) electrons. The molecule has 0 amide bonds. The Balaban J connectivity index is 1.79. The molecule has 3 rings (SSSR count). The number of hydrogen-bond donors (Lipinski definition) is 1. The third-order valence-electron chi connectivity index (χ3n) is 4.70. The van der Waals surface area contributed by atoms with Crippen LogP contribution in [-0.2, 0) is 5.67 Å². The molecule has 6 nitrogen and oxygen atoms in total. The standard InChI is InChI=1S/C19H21FN2O4/c1-25-14-10-13(11-15(12-14)26-2)19(20)6-8-22(9-7-19)17-5-3-4-16(21-17)18(23)24/h3-5,10-12H,6-9H2,1-2H3,(H,23,24). The summed E-state index contributed by atoms with van der Waals surface area (Å²) in [4.78, 5) is 17.1. The lowest BCUT2D eigenvalue weighted by Gasteiger charge is -2.37. The Labute approximate surface area is 151 Å². The van der Waals surface area contributed by atoms with E-state index in [1.54, 1.807) is 30.3 Å². The quantitative estimate of drug-likeness (QED) is 0.882. The van der Waals surface area contributed by atoms with Crippen molar-refractivity contribution >= 4 is 11.8 Å². The highest BCUT2D eigenvalue weighted by Gasteiger charge is 2.37. The Bertz CT molecular complexity index is 782. The molecular weight excluding hydrogens is 339 g/mol. The maximum atomic E-state index is 15.6. The predicted octanol–water partition coefficient (Wildman–Crippen LogP) is 3.26. The lowest BCUT2D eigenvalue weighted by Crippen LogP contribution is -2.40. The van der Waals surface area contributed by atoms with Crippen molar-refractivity contribution in [3.8, 4) is 11.5 Å². The van der Waals surface area contributed by atoms with Gasteiger partial charge in [0.25, 0.3) is 0 Å². The van der Waals surface area contributed by atoms with E-state index in [-0.39, 0.29) is 18.5 Å². The van der Waals surface area contributed by atoms with Crippen LogP contribution >= 0.6 is 0 Å². The first-order chi connectivity index (χ1) is 12.4. The van der Waals surface area contributed by atoms with Gasteiger partial charge in [-0.2, -0.15) is 0 Å². The Morgan fingerprint density at radius 3 is 2.31 bits per heavy atom. The molecule has 0 bridgehead atoms. The van der Waals surface area contributed by atoms with E-state index < -0.39 is 11.6 Å². The predicted molar refractivity (Wildman–Crippen MR) is 95.0 cm³/mol. The van der Waals surface area contributed by atoms with Gasteiger partial charge in [-0.1, -0.05) is 6.07 Å². The van der Waals surface area contributed by atoms with Crippen molar-refractivity contribution in [2.75, 3.05) is 32.2 Å². The second-order valence-electron chi connectivity index (χ2n) is 6.24. The number of carbonyl (C=O) groups is 1. The molecule has 0 aliphatic carbocycles. The van der Waals surface area contributed by atoms with E-state index in [0.717, 1.165) is 0 Å². The first-order valence-corrected chi connectivity index (χ1v) is 8.33. The number of anilines is 1. The number of aromatic carboxylic acids is 1. The van der Waals surface area contributed by atoms with Crippen molar-refractivity contribution in [2.45, 2.75) is 18.5 Å². The average Bonchev–Trinajstić information content (AvgIpc) is 2.68. The summed E-state index contributed by atoms with van der Waals surface area (Å²) in [6, 6.07) is 9.94. The molecule has 138 valence electrons. The van der Waals surface area contributed by atoms with E-state index >= 15 is 4.39 Å². The van der Waals surface area contributed by atoms with Crippen LogP contribution < -0.4 is 14.4 Å². The molecule has 1 aromatic carbocycles. The van der Waals surface area contributed by atoms with E-state index in [9.17, 15) is 4.79 Å². The van der Waals surface area contributed by atoms with E-state index in [2.05, 4.69) is 4.98 Å². The number of ether oxygens (including phenoxy) is 2. The normalized spacial score (nSPS) is 16.2. The highest BCUT2D eigenvalue weighted by Crippen LogP contribution is 2.40. The van der Waals surface area contributed by atoms with Crippen molar-refractivity contribution in [1.82, 2.24) is 4.98 Å². The number of hydrogen-bond acceptors (Lipinski definition) is 5. The van der Waals surface area contributed by atoms with Gasteiger partial charge in [0, 0.05) is 32.0 Å². The van der Waals surface area contributed by atoms with E-state index in [4.69, 9.17) is 14.6 Å². The Morgan fingerprint density at radius 2 is 1.77 bits per heavy atom. The summed E-state index contributed by atoms with van der Waals surface area (Å²) in [5, 5.41) is 9.07. The lowest BCUT2D eigenvalue weighted by molar-refractivity contribution is 0.0690. The molecule has 1 aliphatic heterocycles. The third kappa shape index (κ3) is 3.56. The van der Waals surface area contributed by atoms with Gasteiger partial charge in [-0.15, -0.1) is 0 Å². The van der Waals surface area contributed by atoms with Gasteiger partial charge in [-0.3, -0.25) is 0 Å². The molecule has 0 spiro atoms. The molecular formula is C19H21FN2O4. The highest BCUT2D eigenvalue weighted by molar-refractivity contribution is 5.85. The Kier molecular flexibility index (Phi) is 4.97. The van der Waals surface area contributed by atoms with Crippen LogP contribution in [0.1, 0.15) is 28.9 Å². The van der Waals surface area contributed by atoms with Gasteiger partial charge in [0.05, 0.1) is 14.2 Å². The second kappa shape index (κ2) is 7.19. The van der Waals surface area contributed by atoms with Crippen LogP contribution in [0.4, 0.5) is 10.2 Å². The summed E-state index contributed by atoms with van der Waals surface area (Å²) in [5.41, 5.74) is -0.986. The molecule has 7 heteroatoms. The van der Waals surface area contributed by atoms with Crippen LogP contribution in [0.25, 0.3) is 0 Å². The van der Waals surface area contributed by atoms with E-state index in [1.807, 2.05) is 4.90 Å². The van der Waals surface area contributed by atoms with Crippen molar-refractivity contribution in [2.24, 2.45) is 0 Å². The number of carboxylic acids is 1. The smallest absolute Gasteiger partial charge is 0.354 e. The third-order valence-corrected chi connectivity index (χ3v) is 4.70. The van der Waals surface area contributed by atoms with Crippen molar-refractivity contribution in [3.05, 3.63) is 47.7 Å². The summed E-state index contributed by atoms with van der Waals surface area (Å²) in [7, 11) is 3.07. The van der Waals surface area contributed by atoms with Gasteiger partial charge >= 0.3 is 5.97 Å². The number of benzene rings is 1. The number of rotatable bonds is 5. The molecule has 1 N–H and O–H groups in total. The molecule has 0 saturated carbocycles. The number of aromatic nitrogens is 1. The fourth-order valence-corrected chi connectivity index (χ4v) is 3.16. The molecule has 1 aliphatic rings. The monoisotopic (exact) mass is 360 g/mol. The highest BCUT2D eigenvalue weighted by atomic mass is 19.1. The van der Waals surface area contributed by atoms with Crippen LogP contribution in [0.2, 0.25) is 0 Å². The van der Waals surface area contributed by atoms with Gasteiger partial charge in [-0.05, 0) is 29.8 Å². The number of carboxylic acid groups (broad SMARTS) is 1. The van der Waals surface area contributed by atoms with Crippen LogP contribution in [-0.4, -0.2) is 43.4 Å². The van der Waals surface area contributed by atoms with Crippen molar-refractivity contribution in [1.29, 1.82) is 0 Å². The summed E-state index contributed by atoms with van der Waals surface area (Å²) < 4.78 is 26.1. The van der Waals surface area contributed by atoms with E-state index in [1.165, 1.54) is 20.3 Å². The maximum absolute atomic E-state index is 15.6. The number of alkyl halides is 1. The fourth-order valence-electron chi connectivity index (χ4n) is 3.16. The van der Waals surface area contributed by atoms with Crippen molar-refractivity contribution < 1.29 is 23.8 Å². The summed E-state index contributed by atoms with van der Waals surface area (Å²) >= 11 is 0. The number of halogens is 1. The zero-order chi connectivity index (χ0) is 18.7. The number of pyridine rings is 1. The minimum absolute atomic E-state index is 0.0166. The molecule has 2 heterocycles. The zero-order valence-corrected chi connectivity index (χ0v) is 14.7. The van der Waals surface area contributed by atoms with E-state index in [0.29, 0.717) is 36.0 Å². The first kappa shape index (κ1) is 18.0. The second-order valence-corrected chi connectivity index (χ2v) is 6.24. The lowest BCUT2D eigenvalue weighted by atomic mass is 9.86. The molecule has 2 aromatic rings. The fraction of sp³-hybridized carbons (Fsp3) is 0.368. The Morgan fingerprint density at radius 1 is 1.15 bits per heavy atom. The molecule has 0 atom stereocenters. The largest absolute Gasteiger partial charge is 0.497 e. The van der Waals surface area contributed by atoms with Crippen LogP contribution in [0.15, 0.2) is 36.4 Å². The minimum atomic E-state index is -1.50. The molecule has 26 heavy (non-hydrogen) atoms. The summed E-state index contributed by atoms with van der Waals surface area (Å²) in [5.74, 6) is 0.576. The SMILES string of the molecule is COc1cc(OC)cc(C2(F)CCN(c3cccc(C(=O)O)n3)CC2)c1. The van der Waals surface area contributed by atoms with Gasteiger partial charge < -0.3 is 19.5 Å². The first-order valence-electron chi connectivity index (χ1n) is 8.33. The Hall–Kier alpha value is -2.83. The van der Waals surface area contributed by atoms with Gasteiger partial charge in [0.1, 0.15) is 23.0 Å². The summed E-state index contributed by atoms with van der Waals surface area (Å²) in [6.07, 6.45) is 0.532. The number of piperidine rings is 1. The number of nitrogens with zero attached hydrogens (tertiary/aromatic N) is 2. The molecule has 1 aromatic heterocycles. The van der Waals surface area contributed by atoms with Crippen LogP contribution in [0, 0.1) is 0 Å². The average molecular weight is 360 g/mol. The number of methoxy groups -OCH3 is 2. The van der Waals surface area contributed by atoms with Gasteiger partial charge in [0.2, 0.25) is 0 Å². The molecule has 1 fully saturated rings. The van der Waals surface area contributed by atoms with Gasteiger partial charge in [0.15, 0.2) is 5.69 Å². The van der Waals surface area contributed by atoms with Crippen LogP contribution in [0.3, 0.4) is 0 Å². The maximum Gasteiger partial charge on any atom is 0.354 e. The minimum Gasteiger partial charge on any atom is -0.497 e.